The van der Waals surface area contributed by atoms with Crippen LogP contribution in [0.3, 0.4) is 0 Å². The predicted molar refractivity (Wildman–Crippen MR) is 89.4 cm³/mol. The monoisotopic (exact) mass is 338 g/mol. The van der Waals surface area contributed by atoms with Gasteiger partial charge in [-0.3, -0.25) is 9.59 Å². The third-order valence-electron chi connectivity index (χ3n) is 4.01. The number of methoxy groups -OCH3 is 1. The fourth-order valence-electron chi connectivity index (χ4n) is 2.66. The van der Waals surface area contributed by atoms with Crippen molar-refractivity contribution in [2.45, 2.75) is 31.7 Å². The SMILES string of the molecule is COCCC(=O)NC1CCN(C(=O)Cc2ccc(Cl)cc2)CC1. The van der Waals surface area contributed by atoms with Crippen LogP contribution in [0.2, 0.25) is 5.02 Å². The zero-order valence-electron chi connectivity index (χ0n) is 13.4. The number of nitrogens with zero attached hydrogens (tertiary/aromatic N) is 1. The molecule has 1 aromatic rings. The van der Waals surface area contributed by atoms with Crippen LogP contribution < -0.4 is 5.32 Å². The Morgan fingerprint density at radius 2 is 1.91 bits per heavy atom. The molecule has 0 saturated carbocycles. The molecule has 23 heavy (non-hydrogen) atoms. The van der Waals surface area contributed by atoms with Crippen LogP contribution in [0.1, 0.15) is 24.8 Å². The van der Waals surface area contributed by atoms with Gasteiger partial charge in [0.2, 0.25) is 11.8 Å². The summed E-state index contributed by atoms with van der Waals surface area (Å²) in [7, 11) is 1.58. The minimum Gasteiger partial charge on any atom is -0.384 e. The van der Waals surface area contributed by atoms with Gasteiger partial charge < -0.3 is 15.0 Å². The molecule has 126 valence electrons. The number of carbonyl (C=O) groups is 2. The second-order valence-electron chi connectivity index (χ2n) is 5.77. The van der Waals surface area contributed by atoms with E-state index >= 15 is 0 Å². The first kappa shape index (κ1) is 17.8. The Morgan fingerprint density at radius 3 is 2.52 bits per heavy atom. The topological polar surface area (TPSA) is 58.6 Å². The van der Waals surface area contributed by atoms with E-state index in [0.717, 1.165) is 18.4 Å². The fourth-order valence-corrected chi connectivity index (χ4v) is 2.78. The summed E-state index contributed by atoms with van der Waals surface area (Å²) in [4.78, 5) is 25.9. The Kier molecular flexibility index (Phi) is 6.86. The number of rotatable bonds is 6. The van der Waals surface area contributed by atoms with Crippen molar-refractivity contribution in [1.82, 2.24) is 10.2 Å². The van der Waals surface area contributed by atoms with Crippen LogP contribution in [-0.4, -0.2) is 49.6 Å². The summed E-state index contributed by atoms with van der Waals surface area (Å²) in [5.41, 5.74) is 0.967. The van der Waals surface area contributed by atoms with E-state index in [0.29, 0.717) is 37.6 Å². The lowest BCUT2D eigenvalue weighted by Gasteiger charge is -2.32. The van der Waals surface area contributed by atoms with Gasteiger partial charge in [-0.05, 0) is 30.5 Å². The fraction of sp³-hybridized carbons (Fsp3) is 0.529. The second-order valence-corrected chi connectivity index (χ2v) is 6.21. The van der Waals surface area contributed by atoms with Crippen LogP contribution in [-0.2, 0) is 20.7 Å². The molecular weight excluding hydrogens is 316 g/mol. The molecule has 2 amide bonds. The quantitative estimate of drug-likeness (QED) is 0.863. The molecule has 0 unspecified atom stereocenters. The molecule has 5 nitrogen and oxygen atoms in total. The van der Waals surface area contributed by atoms with E-state index in [1.807, 2.05) is 17.0 Å². The first-order valence-corrected chi connectivity index (χ1v) is 8.27. The number of nitrogens with one attached hydrogen (secondary N) is 1. The van der Waals surface area contributed by atoms with Gasteiger partial charge >= 0.3 is 0 Å². The van der Waals surface area contributed by atoms with Crippen LogP contribution >= 0.6 is 11.6 Å². The molecule has 1 N–H and O–H groups in total. The van der Waals surface area contributed by atoms with Gasteiger partial charge in [-0.15, -0.1) is 0 Å². The number of halogens is 1. The number of piperidine rings is 1. The van der Waals surface area contributed by atoms with Gasteiger partial charge in [-0.2, -0.15) is 0 Å². The zero-order valence-corrected chi connectivity index (χ0v) is 14.1. The van der Waals surface area contributed by atoms with Crippen molar-refractivity contribution < 1.29 is 14.3 Å². The highest BCUT2D eigenvalue weighted by molar-refractivity contribution is 6.30. The largest absolute Gasteiger partial charge is 0.384 e. The number of amides is 2. The molecule has 0 atom stereocenters. The highest BCUT2D eigenvalue weighted by Gasteiger charge is 2.23. The molecule has 0 bridgehead atoms. The van der Waals surface area contributed by atoms with E-state index in [4.69, 9.17) is 16.3 Å². The van der Waals surface area contributed by atoms with Gasteiger partial charge in [-0.1, -0.05) is 23.7 Å². The molecule has 0 radical (unpaired) electrons. The maximum Gasteiger partial charge on any atom is 0.226 e. The molecule has 1 aliphatic rings. The van der Waals surface area contributed by atoms with Gasteiger partial charge in [0.25, 0.3) is 0 Å². The maximum atomic E-state index is 12.3. The van der Waals surface area contributed by atoms with Gasteiger partial charge in [0.05, 0.1) is 13.0 Å². The molecule has 1 saturated heterocycles. The molecule has 1 fully saturated rings. The Balaban J connectivity index is 1.74. The van der Waals surface area contributed by atoms with Crippen LogP contribution in [0.4, 0.5) is 0 Å². The van der Waals surface area contributed by atoms with Crippen LogP contribution in [0.5, 0.6) is 0 Å². The summed E-state index contributed by atoms with van der Waals surface area (Å²) in [6.07, 6.45) is 2.37. The molecule has 1 aliphatic heterocycles. The highest BCUT2D eigenvalue weighted by Crippen LogP contribution is 2.14. The molecule has 6 heteroatoms. The maximum absolute atomic E-state index is 12.3. The van der Waals surface area contributed by atoms with Gasteiger partial charge in [0, 0.05) is 37.7 Å². The lowest BCUT2D eigenvalue weighted by atomic mass is 10.0. The number of hydrogen-bond donors (Lipinski definition) is 1. The lowest BCUT2D eigenvalue weighted by Crippen LogP contribution is -2.47. The van der Waals surface area contributed by atoms with E-state index in [1.165, 1.54) is 0 Å². The van der Waals surface area contributed by atoms with Gasteiger partial charge in [0.1, 0.15) is 0 Å². The van der Waals surface area contributed by atoms with Crippen molar-refractivity contribution in [3.05, 3.63) is 34.9 Å². The molecule has 0 spiro atoms. The van der Waals surface area contributed by atoms with Crippen LogP contribution in [0.15, 0.2) is 24.3 Å². The van der Waals surface area contributed by atoms with E-state index in [1.54, 1.807) is 19.2 Å². The van der Waals surface area contributed by atoms with Crippen molar-refractivity contribution in [3.63, 3.8) is 0 Å². The molecule has 2 rings (SSSR count). The molecular formula is C17H23ClN2O3. The summed E-state index contributed by atoms with van der Waals surface area (Å²) in [5, 5.41) is 3.67. The molecule has 0 aromatic heterocycles. The number of carbonyl (C=O) groups excluding carboxylic acids is 2. The number of hydrogen-bond acceptors (Lipinski definition) is 3. The Hall–Kier alpha value is -1.59. The van der Waals surface area contributed by atoms with E-state index in [2.05, 4.69) is 5.32 Å². The first-order valence-electron chi connectivity index (χ1n) is 7.89. The number of ether oxygens (including phenoxy) is 1. The number of benzene rings is 1. The standard InChI is InChI=1S/C17H23ClN2O3/c1-23-11-8-16(21)19-15-6-9-20(10-7-15)17(22)12-13-2-4-14(18)5-3-13/h2-5,15H,6-12H2,1H3,(H,19,21). The molecule has 0 aliphatic carbocycles. The van der Waals surface area contributed by atoms with Gasteiger partial charge in [0.15, 0.2) is 0 Å². The van der Waals surface area contributed by atoms with E-state index in [9.17, 15) is 9.59 Å². The Labute approximate surface area is 141 Å². The van der Waals surface area contributed by atoms with Crippen LogP contribution in [0, 0.1) is 0 Å². The number of likely N-dealkylation sites (tertiary alicyclic amines) is 1. The first-order chi connectivity index (χ1) is 11.1. The van der Waals surface area contributed by atoms with E-state index in [-0.39, 0.29) is 17.9 Å². The highest BCUT2D eigenvalue weighted by atomic mass is 35.5. The summed E-state index contributed by atoms with van der Waals surface area (Å²) >= 11 is 5.85. The average Bonchev–Trinajstić information content (AvgIpc) is 2.55. The summed E-state index contributed by atoms with van der Waals surface area (Å²) in [6, 6.07) is 7.50. The van der Waals surface area contributed by atoms with Crippen molar-refractivity contribution in [2.75, 3.05) is 26.8 Å². The van der Waals surface area contributed by atoms with Crippen molar-refractivity contribution >= 4 is 23.4 Å². The van der Waals surface area contributed by atoms with Crippen molar-refractivity contribution in [3.8, 4) is 0 Å². The third-order valence-corrected chi connectivity index (χ3v) is 4.27. The minimum atomic E-state index is 0.0118. The Morgan fingerprint density at radius 1 is 1.26 bits per heavy atom. The third kappa shape index (κ3) is 5.84. The second kappa shape index (κ2) is 8.89. The smallest absolute Gasteiger partial charge is 0.226 e. The predicted octanol–water partition coefficient (Wildman–Crippen LogP) is 2.03. The molecule has 1 heterocycles. The molecule has 1 aromatic carbocycles. The van der Waals surface area contributed by atoms with E-state index < -0.39 is 0 Å². The zero-order chi connectivity index (χ0) is 16.7. The average molecular weight is 339 g/mol. The van der Waals surface area contributed by atoms with Gasteiger partial charge in [-0.25, -0.2) is 0 Å². The Bertz CT molecular complexity index is 525. The van der Waals surface area contributed by atoms with Crippen molar-refractivity contribution in [2.24, 2.45) is 0 Å². The summed E-state index contributed by atoms with van der Waals surface area (Å²) < 4.78 is 4.89. The summed E-state index contributed by atoms with van der Waals surface area (Å²) in [5.74, 6) is 0.134. The minimum absolute atomic E-state index is 0.0118. The van der Waals surface area contributed by atoms with Crippen LogP contribution in [0.25, 0.3) is 0 Å². The van der Waals surface area contributed by atoms with Crippen molar-refractivity contribution in [1.29, 1.82) is 0 Å². The normalized spacial score (nSPS) is 15.5. The summed E-state index contributed by atoms with van der Waals surface area (Å²) in [6.45, 7) is 1.80. The lowest BCUT2D eigenvalue weighted by molar-refractivity contribution is -0.131.